The molecular formula is C33H27N7. The zero-order valence-corrected chi connectivity index (χ0v) is 22.0. The van der Waals surface area contributed by atoms with Gasteiger partial charge in [-0.05, 0) is 54.5 Å². The van der Waals surface area contributed by atoms with Gasteiger partial charge in [-0.15, -0.1) is 0 Å². The maximum Gasteiger partial charge on any atom is 0.161 e. The van der Waals surface area contributed by atoms with Crippen molar-refractivity contribution in [1.82, 2.24) is 35.5 Å². The molecular weight excluding hydrogens is 494 g/mol. The molecule has 0 bridgehead atoms. The van der Waals surface area contributed by atoms with Crippen molar-refractivity contribution < 1.29 is 0 Å². The predicted octanol–water partition coefficient (Wildman–Crippen LogP) is 7.30. The molecule has 0 radical (unpaired) electrons. The Labute approximate surface area is 231 Å². The summed E-state index contributed by atoms with van der Waals surface area (Å²) < 4.78 is 0. The Morgan fingerprint density at radius 2 is 1.77 bits per heavy atom. The van der Waals surface area contributed by atoms with Crippen LogP contribution < -0.4 is 5.32 Å². The average molecular weight is 522 g/mol. The van der Waals surface area contributed by atoms with E-state index in [9.17, 15) is 0 Å². The molecule has 3 N–H and O–H groups in total. The lowest BCUT2D eigenvalue weighted by Gasteiger charge is -2.12. The first-order valence-electron chi connectivity index (χ1n) is 12.9. The van der Waals surface area contributed by atoms with Crippen LogP contribution in [0.4, 0.5) is 0 Å². The highest BCUT2D eigenvalue weighted by Gasteiger charge is 2.17. The minimum absolute atomic E-state index is 0.646. The molecule has 0 fully saturated rings. The molecule has 0 saturated carbocycles. The van der Waals surface area contributed by atoms with Crippen molar-refractivity contribution in [3.05, 3.63) is 134 Å². The van der Waals surface area contributed by atoms with Crippen LogP contribution in [0.3, 0.4) is 0 Å². The van der Waals surface area contributed by atoms with Gasteiger partial charge in [0.25, 0.3) is 0 Å². The Balaban J connectivity index is 1.36. The van der Waals surface area contributed by atoms with E-state index < -0.39 is 0 Å². The first-order valence-corrected chi connectivity index (χ1v) is 12.9. The second kappa shape index (κ2) is 10.7. The van der Waals surface area contributed by atoms with E-state index in [-0.39, 0.29) is 0 Å². The molecule has 6 aromatic rings. The Bertz CT molecular complexity index is 1910. The van der Waals surface area contributed by atoms with Gasteiger partial charge in [0.2, 0.25) is 0 Å². The van der Waals surface area contributed by atoms with Gasteiger partial charge in [0.15, 0.2) is 11.5 Å². The van der Waals surface area contributed by atoms with E-state index in [2.05, 4.69) is 38.6 Å². The molecule has 0 saturated heterocycles. The quantitative estimate of drug-likeness (QED) is 0.183. The van der Waals surface area contributed by atoms with Crippen LogP contribution in [0.5, 0.6) is 0 Å². The summed E-state index contributed by atoms with van der Waals surface area (Å²) in [5.74, 6) is 0.646. The molecule has 194 valence electrons. The zero-order chi connectivity index (χ0) is 27.5. The summed E-state index contributed by atoms with van der Waals surface area (Å²) in [6.45, 7) is 10.1. The number of benzene rings is 2. The number of aromatic amines is 2. The Morgan fingerprint density at radius 3 is 2.55 bits per heavy atom. The minimum atomic E-state index is 0.646. The summed E-state index contributed by atoms with van der Waals surface area (Å²) in [4.78, 5) is 17.6. The van der Waals surface area contributed by atoms with Crippen LogP contribution in [0.1, 0.15) is 18.2 Å². The third-order valence-corrected chi connectivity index (χ3v) is 6.67. The SMILES string of the molecule is C=C/C(=C\C(=C/C)c1ccc2[nH]nc(-c3nc4c(-c5cccnc5)cccc4[nH]3)c2n1)NC(=C)c1ccccc1. The van der Waals surface area contributed by atoms with Gasteiger partial charge in [0.1, 0.15) is 5.52 Å². The van der Waals surface area contributed by atoms with Gasteiger partial charge in [-0.1, -0.05) is 67.8 Å². The van der Waals surface area contributed by atoms with Crippen molar-refractivity contribution >= 4 is 33.3 Å². The first-order chi connectivity index (χ1) is 19.6. The van der Waals surface area contributed by atoms with Crippen LogP contribution in [-0.2, 0) is 0 Å². The number of para-hydroxylation sites is 1. The predicted molar refractivity (Wildman–Crippen MR) is 163 cm³/mol. The summed E-state index contributed by atoms with van der Waals surface area (Å²) in [5.41, 5.74) is 10.3. The lowest BCUT2D eigenvalue weighted by Crippen LogP contribution is -2.09. The Hall–Kier alpha value is -5.56. The second-order valence-corrected chi connectivity index (χ2v) is 9.21. The molecule has 0 aliphatic heterocycles. The standard InChI is InChI=1S/C33H27N7/c1-4-22(19-25(5-2)35-21(3)23-11-7-6-8-12-23)27-16-17-29-31(36-27)32(40-39-29)33-37-28-15-9-14-26(30(28)38-33)24-13-10-18-34-20-24/h4-20,35H,2-3H2,1H3,(H,37,38)(H,39,40)/b22-4+,25-19+. The minimum Gasteiger partial charge on any atom is -0.356 e. The molecule has 0 spiro atoms. The second-order valence-electron chi connectivity index (χ2n) is 9.21. The molecule has 40 heavy (non-hydrogen) atoms. The number of aromatic nitrogens is 6. The molecule has 0 aliphatic carbocycles. The zero-order valence-electron chi connectivity index (χ0n) is 22.0. The monoisotopic (exact) mass is 521 g/mol. The van der Waals surface area contributed by atoms with E-state index in [1.165, 1.54) is 0 Å². The maximum absolute atomic E-state index is 5.00. The third kappa shape index (κ3) is 4.72. The van der Waals surface area contributed by atoms with Crippen molar-refractivity contribution in [2.45, 2.75) is 6.92 Å². The van der Waals surface area contributed by atoms with Crippen LogP contribution in [0.15, 0.2) is 122 Å². The van der Waals surface area contributed by atoms with E-state index in [4.69, 9.17) is 9.97 Å². The summed E-state index contributed by atoms with van der Waals surface area (Å²) in [6, 6.07) is 24.0. The fourth-order valence-corrected chi connectivity index (χ4v) is 4.63. The van der Waals surface area contributed by atoms with E-state index in [0.717, 1.165) is 61.4 Å². The number of rotatable bonds is 8. The van der Waals surface area contributed by atoms with Crippen LogP contribution in [0.2, 0.25) is 0 Å². The number of fused-ring (bicyclic) bond motifs is 2. The fourth-order valence-electron chi connectivity index (χ4n) is 4.63. The average Bonchev–Trinajstić information content (AvgIpc) is 3.64. The third-order valence-electron chi connectivity index (χ3n) is 6.67. The van der Waals surface area contributed by atoms with E-state index in [1.54, 1.807) is 12.3 Å². The highest BCUT2D eigenvalue weighted by Crippen LogP contribution is 2.31. The van der Waals surface area contributed by atoms with Gasteiger partial charge in [-0.25, -0.2) is 9.97 Å². The van der Waals surface area contributed by atoms with Crippen molar-refractivity contribution in [1.29, 1.82) is 0 Å². The van der Waals surface area contributed by atoms with E-state index in [1.807, 2.05) is 98.1 Å². The van der Waals surface area contributed by atoms with Crippen LogP contribution in [0.25, 0.3) is 56.0 Å². The van der Waals surface area contributed by atoms with Gasteiger partial charge < -0.3 is 10.3 Å². The topological polar surface area (TPSA) is 95.2 Å². The molecule has 0 atom stereocenters. The summed E-state index contributed by atoms with van der Waals surface area (Å²) in [7, 11) is 0. The molecule has 6 rings (SSSR count). The normalized spacial score (nSPS) is 12.1. The fraction of sp³-hybridized carbons (Fsp3) is 0.0303. The highest BCUT2D eigenvalue weighted by molar-refractivity contribution is 5.96. The molecule has 2 aromatic carbocycles. The van der Waals surface area contributed by atoms with Gasteiger partial charge in [-0.2, -0.15) is 5.10 Å². The highest BCUT2D eigenvalue weighted by atomic mass is 15.1. The lowest BCUT2D eigenvalue weighted by molar-refractivity contribution is 1.10. The van der Waals surface area contributed by atoms with Gasteiger partial charge in [0, 0.05) is 34.9 Å². The number of pyridine rings is 2. The molecule has 0 amide bonds. The Kier molecular flexibility index (Phi) is 6.60. The van der Waals surface area contributed by atoms with Gasteiger partial charge in [-0.3, -0.25) is 10.1 Å². The summed E-state index contributed by atoms with van der Waals surface area (Å²) in [6.07, 6.45) is 9.41. The number of H-pyrrole nitrogens is 2. The first kappa shape index (κ1) is 24.8. The Morgan fingerprint density at radius 1 is 0.900 bits per heavy atom. The lowest BCUT2D eigenvalue weighted by atomic mass is 10.1. The van der Waals surface area contributed by atoms with Crippen molar-refractivity contribution in [3.63, 3.8) is 0 Å². The number of imidazole rings is 1. The van der Waals surface area contributed by atoms with Crippen LogP contribution in [0, 0.1) is 0 Å². The number of nitrogens with zero attached hydrogens (tertiary/aromatic N) is 4. The number of nitrogens with one attached hydrogen (secondary N) is 3. The van der Waals surface area contributed by atoms with Gasteiger partial charge >= 0.3 is 0 Å². The van der Waals surface area contributed by atoms with Crippen molar-refractivity contribution in [3.8, 4) is 22.6 Å². The number of hydrogen-bond donors (Lipinski definition) is 3. The van der Waals surface area contributed by atoms with Crippen molar-refractivity contribution in [2.75, 3.05) is 0 Å². The molecule has 4 heterocycles. The summed E-state index contributed by atoms with van der Waals surface area (Å²) in [5, 5.41) is 11.0. The molecule has 7 nitrogen and oxygen atoms in total. The van der Waals surface area contributed by atoms with E-state index in [0.29, 0.717) is 11.5 Å². The van der Waals surface area contributed by atoms with Crippen LogP contribution in [-0.4, -0.2) is 30.1 Å². The molecule has 7 heteroatoms. The molecule has 0 aliphatic rings. The largest absolute Gasteiger partial charge is 0.356 e. The number of hydrogen-bond acceptors (Lipinski definition) is 5. The van der Waals surface area contributed by atoms with Gasteiger partial charge in [0.05, 0.1) is 22.2 Å². The number of allylic oxidation sites excluding steroid dienone is 4. The molecule has 4 aromatic heterocycles. The van der Waals surface area contributed by atoms with Crippen LogP contribution >= 0.6 is 0 Å². The molecule has 0 unspecified atom stereocenters. The maximum atomic E-state index is 5.00. The summed E-state index contributed by atoms with van der Waals surface area (Å²) >= 11 is 0. The smallest absolute Gasteiger partial charge is 0.161 e. The van der Waals surface area contributed by atoms with Crippen molar-refractivity contribution in [2.24, 2.45) is 0 Å². The van der Waals surface area contributed by atoms with E-state index >= 15 is 0 Å².